The zero-order valence-corrected chi connectivity index (χ0v) is 25.3. The molecule has 2 aliphatic heterocycles. The number of aryl methyl sites for hydroxylation is 1. The Morgan fingerprint density at radius 2 is 1.80 bits per heavy atom. The first-order chi connectivity index (χ1) is 18.8. The van der Waals surface area contributed by atoms with Crippen molar-refractivity contribution in [1.29, 1.82) is 0 Å². The second kappa shape index (κ2) is 11.5. The number of nitrogens with zero attached hydrogens (tertiary/aromatic N) is 1. The molecule has 7 nitrogen and oxygen atoms in total. The number of hydrogen-bond donors (Lipinski definition) is 2. The third-order valence-corrected chi connectivity index (χ3v) is 8.56. The molecule has 0 spiro atoms. The number of rotatable bonds is 7. The van der Waals surface area contributed by atoms with Gasteiger partial charge in [0, 0.05) is 30.7 Å². The maximum absolute atomic E-state index is 14.1. The molecular weight excluding hydrogens is 504 g/mol. The molecule has 0 radical (unpaired) electrons. The average molecular weight is 551 g/mol. The van der Waals surface area contributed by atoms with E-state index in [-0.39, 0.29) is 23.3 Å². The van der Waals surface area contributed by atoms with E-state index in [4.69, 9.17) is 9.47 Å². The molecule has 2 fully saturated rings. The first-order valence-electron chi connectivity index (χ1n) is 14.4. The van der Waals surface area contributed by atoms with Crippen LogP contribution in [0.2, 0.25) is 0 Å². The van der Waals surface area contributed by atoms with E-state index in [0.29, 0.717) is 19.6 Å². The maximum Gasteiger partial charge on any atom is 0.326 e. The number of nitrogens with one attached hydrogen (secondary N) is 1. The Bertz CT molecular complexity index is 1220. The second-order valence-corrected chi connectivity index (χ2v) is 13.4. The van der Waals surface area contributed by atoms with Crippen LogP contribution >= 0.6 is 0 Å². The van der Waals surface area contributed by atoms with Crippen molar-refractivity contribution in [2.75, 3.05) is 13.7 Å². The monoisotopic (exact) mass is 550 g/mol. The van der Waals surface area contributed by atoms with Gasteiger partial charge in [-0.2, -0.15) is 0 Å². The molecule has 2 aliphatic rings. The molecular formula is C33H46N2O5. The fourth-order valence-corrected chi connectivity index (χ4v) is 6.52. The lowest BCUT2D eigenvalue weighted by Crippen LogP contribution is -2.50. The molecule has 0 unspecified atom stereocenters. The van der Waals surface area contributed by atoms with E-state index in [1.165, 1.54) is 5.56 Å². The summed E-state index contributed by atoms with van der Waals surface area (Å²) in [5.74, 6) is -0.803. The Labute approximate surface area is 239 Å². The summed E-state index contributed by atoms with van der Waals surface area (Å²) in [6.45, 7) is 15.8. The van der Waals surface area contributed by atoms with E-state index in [0.717, 1.165) is 28.9 Å². The summed E-state index contributed by atoms with van der Waals surface area (Å²) in [4.78, 5) is 28.8. The molecule has 218 valence electrons. The van der Waals surface area contributed by atoms with E-state index < -0.39 is 29.6 Å². The normalized spacial score (nSPS) is 25.3. The molecule has 0 aliphatic carbocycles. The van der Waals surface area contributed by atoms with E-state index in [9.17, 15) is 14.7 Å². The SMILES string of the molecule is COc1ccc(C(C)(C)C)cc1CN[C@H]1[C@H](C(C)(C)C)[C@@H](C(=O)O)N(C(=O)[C@@H]2CCCO2)[C@H]1c1ccccc1C. The highest BCUT2D eigenvalue weighted by molar-refractivity contribution is 5.88. The van der Waals surface area contributed by atoms with Crippen molar-refractivity contribution in [3.8, 4) is 5.75 Å². The minimum absolute atomic E-state index is 0.0368. The van der Waals surface area contributed by atoms with Crippen LogP contribution in [-0.4, -0.2) is 53.8 Å². The number of carbonyl (C=O) groups is 2. The number of hydrogen-bond acceptors (Lipinski definition) is 5. The first kappa shape index (κ1) is 30.1. The molecule has 7 heteroatoms. The summed E-state index contributed by atoms with van der Waals surface area (Å²) in [5, 5.41) is 14.4. The Kier molecular flexibility index (Phi) is 8.67. The van der Waals surface area contributed by atoms with E-state index >= 15 is 0 Å². The van der Waals surface area contributed by atoms with Crippen LogP contribution in [0.1, 0.15) is 82.7 Å². The Balaban J connectivity index is 1.84. The van der Waals surface area contributed by atoms with Crippen LogP contribution in [0.5, 0.6) is 5.75 Å². The molecule has 0 aromatic heterocycles. The highest BCUT2D eigenvalue weighted by Crippen LogP contribution is 2.49. The number of carboxylic acid groups (broad SMARTS) is 1. The van der Waals surface area contributed by atoms with Gasteiger partial charge in [0.1, 0.15) is 17.9 Å². The number of methoxy groups -OCH3 is 1. The van der Waals surface area contributed by atoms with Gasteiger partial charge in [0.2, 0.25) is 0 Å². The number of carbonyl (C=O) groups excluding carboxylic acids is 1. The van der Waals surface area contributed by atoms with Crippen LogP contribution < -0.4 is 10.1 Å². The van der Waals surface area contributed by atoms with Crippen molar-refractivity contribution in [2.45, 2.75) is 97.5 Å². The minimum atomic E-state index is -0.999. The van der Waals surface area contributed by atoms with Crippen molar-refractivity contribution in [3.05, 3.63) is 64.7 Å². The summed E-state index contributed by atoms with van der Waals surface area (Å²) in [7, 11) is 1.67. The molecule has 2 heterocycles. The Hall–Kier alpha value is -2.90. The standard InChI is InChI=1S/C33H46N2O5/c1-20-12-9-10-13-23(20)28-27(34-19-21-18-22(32(2,3)4)15-16-24(21)39-8)26(33(5,6)7)29(31(37)38)35(28)30(36)25-14-11-17-40-25/h9-10,12-13,15-16,18,25-29,34H,11,14,17,19H2,1-8H3,(H,37,38)/t25-,26-,27-,28-,29-/m0/s1. The Morgan fingerprint density at radius 3 is 2.35 bits per heavy atom. The van der Waals surface area contributed by atoms with Gasteiger partial charge in [0.25, 0.3) is 5.91 Å². The van der Waals surface area contributed by atoms with Crippen molar-refractivity contribution in [1.82, 2.24) is 10.2 Å². The number of amides is 1. The average Bonchev–Trinajstić information content (AvgIpc) is 3.53. The first-order valence-corrected chi connectivity index (χ1v) is 14.4. The zero-order valence-electron chi connectivity index (χ0n) is 25.3. The zero-order chi connectivity index (χ0) is 29.4. The summed E-state index contributed by atoms with van der Waals surface area (Å²) >= 11 is 0. The molecule has 40 heavy (non-hydrogen) atoms. The molecule has 0 saturated carbocycles. The van der Waals surface area contributed by atoms with E-state index in [2.05, 4.69) is 59.0 Å². The van der Waals surface area contributed by atoms with Gasteiger partial charge in [-0.3, -0.25) is 4.79 Å². The van der Waals surface area contributed by atoms with Crippen molar-refractivity contribution >= 4 is 11.9 Å². The Morgan fingerprint density at radius 1 is 1.10 bits per heavy atom. The molecule has 2 N–H and O–H groups in total. The van der Waals surface area contributed by atoms with Gasteiger partial charge in [-0.15, -0.1) is 0 Å². The van der Waals surface area contributed by atoms with Crippen LogP contribution in [0.25, 0.3) is 0 Å². The van der Waals surface area contributed by atoms with Crippen LogP contribution in [0.4, 0.5) is 0 Å². The largest absolute Gasteiger partial charge is 0.496 e. The fourth-order valence-electron chi connectivity index (χ4n) is 6.52. The smallest absolute Gasteiger partial charge is 0.326 e. The van der Waals surface area contributed by atoms with Gasteiger partial charge >= 0.3 is 5.97 Å². The second-order valence-electron chi connectivity index (χ2n) is 13.4. The van der Waals surface area contributed by atoms with E-state index in [1.54, 1.807) is 12.0 Å². The predicted octanol–water partition coefficient (Wildman–Crippen LogP) is 5.64. The molecule has 2 saturated heterocycles. The van der Waals surface area contributed by atoms with Crippen molar-refractivity contribution in [3.63, 3.8) is 0 Å². The summed E-state index contributed by atoms with van der Waals surface area (Å²) in [5.41, 5.74) is 3.73. The van der Waals surface area contributed by atoms with Crippen LogP contribution in [0, 0.1) is 18.3 Å². The lowest BCUT2D eigenvalue weighted by molar-refractivity contribution is -0.156. The highest BCUT2D eigenvalue weighted by Gasteiger charge is 2.59. The highest BCUT2D eigenvalue weighted by atomic mass is 16.5. The maximum atomic E-state index is 14.1. The number of benzene rings is 2. The number of aliphatic carboxylic acids is 1. The predicted molar refractivity (Wildman–Crippen MR) is 156 cm³/mol. The third kappa shape index (κ3) is 5.91. The van der Waals surface area contributed by atoms with Gasteiger partial charge in [0.15, 0.2) is 0 Å². The topological polar surface area (TPSA) is 88.1 Å². The van der Waals surface area contributed by atoms with Gasteiger partial charge in [0.05, 0.1) is 13.2 Å². The lowest BCUT2D eigenvalue weighted by atomic mass is 9.72. The van der Waals surface area contributed by atoms with Gasteiger partial charge in [-0.25, -0.2) is 4.79 Å². The number of ether oxygens (including phenoxy) is 2. The van der Waals surface area contributed by atoms with Crippen molar-refractivity contribution in [2.24, 2.45) is 11.3 Å². The summed E-state index contributed by atoms with van der Waals surface area (Å²) < 4.78 is 11.5. The quantitative estimate of drug-likeness (QED) is 0.464. The molecule has 4 rings (SSSR count). The third-order valence-electron chi connectivity index (χ3n) is 8.56. The lowest BCUT2D eigenvalue weighted by Gasteiger charge is -2.35. The number of likely N-dealkylation sites (tertiary alicyclic amines) is 1. The number of carboxylic acids is 1. The van der Waals surface area contributed by atoms with E-state index in [1.807, 2.05) is 37.3 Å². The summed E-state index contributed by atoms with van der Waals surface area (Å²) in [6.07, 6.45) is 0.791. The molecule has 0 bridgehead atoms. The summed E-state index contributed by atoms with van der Waals surface area (Å²) in [6, 6.07) is 12.4. The van der Waals surface area contributed by atoms with Gasteiger partial charge < -0.3 is 24.8 Å². The van der Waals surface area contributed by atoms with Crippen LogP contribution in [0.3, 0.4) is 0 Å². The molecule has 2 aromatic carbocycles. The molecule has 5 atom stereocenters. The minimum Gasteiger partial charge on any atom is -0.496 e. The van der Waals surface area contributed by atoms with Crippen LogP contribution in [0.15, 0.2) is 42.5 Å². The van der Waals surface area contributed by atoms with Crippen LogP contribution in [-0.2, 0) is 26.3 Å². The van der Waals surface area contributed by atoms with Gasteiger partial charge in [-0.05, 0) is 53.4 Å². The fraction of sp³-hybridized carbons (Fsp3) is 0.576. The molecule has 2 aromatic rings. The van der Waals surface area contributed by atoms with Gasteiger partial charge in [-0.1, -0.05) is 77.9 Å². The van der Waals surface area contributed by atoms with Crippen molar-refractivity contribution < 1.29 is 24.2 Å². The molecule has 1 amide bonds.